The molecule has 29 heavy (non-hydrogen) atoms. The topological polar surface area (TPSA) is 70.7 Å². The zero-order valence-electron chi connectivity index (χ0n) is 16.5. The van der Waals surface area contributed by atoms with E-state index in [1.165, 1.54) is 18.2 Å². The van der Waals surface area contributed by atoms with Crippen molar-refractivity contribution in [2.24, 2.45) is 5.92 Å². The minimum absolute atomic E-state index is 0.0578. The third-order valence-electron chi connectivity index (χ3n) is 6.27. The van der Waals surface area contributed by atoms with E-state index in [0.717, 1.165) is 25.7 Å². The van der Waals surface area contributed by atoms with Gasteiger partial charge in [-0.3, -0.25) is 14.5 Å². The Morgan fingerprint density at radius 2 is 1.93 bits per heavy atom. The molecule has 0 spiro atoms. The first-order valence-electron chi connectivity index (χ1n) is 10.2. The van der Waals surface area contributed by atoms with Crippen molar-refractivity contribution >= 4 is 23.4 Å². The predicted octanol–water partition coefficient (Wildman–Crippen LogP) is 2.36. The van der Waals surface area contributed by atoms with Gasteiger partial charge < -0.3 is 15.4 Å². The van der Waals surface area contributed by atoms with E-state index < -0.39 is 5.82 Å². The van der Waals surface area contributed by atoms with Gasteiger partial charge in [0.05, 0.1) is 25.3 Å². The van der Waals surface area contributed by atoms with Crippen LogP contribution < -0.4 is 10.6 Å². The number of hydrogen-bond donors (Lipinski definition) is 2. The minimum Gasteiger partial charge on any atom is -0.376 e. The molecule has 1 aromatic carbocycles. The largest absolute Gasteiger partial charge is 0.376 e. The molecule has 2 amide bonds. The molecule has 6 nitrogen and oxygen atoms in total. The van der Waals surface area contributed by atoms with Crippen LogP contribution in [0.2, 0.25) is 5.02 Å². The van der Waals surface area contributed by atoms with E-state index in [0.29, 0.717) is 44.3 Å². The van der Waals surface area contributed by atoms with Gasteiger partial charge in [0.1, 0.15) is 5.82 Å². The van der Waals surface area contributed by atoms with Gasteiger partial charge in [-0.05, 0) is 56.7 Å². The normalized spacial score (nSPS) is 27.9. The standard InChI is InChI=1S/C21H27ClFN3O3/c1-21(11-29-12-21)25-19(27)10-26-17-2-3-18(26)5-13(4-17)9-24-20(28)14-6-15(22)8-16(23)7-14/h6-8,13,17-18H,2-5,9-12H2,1H3,(H,24,28)(H,25,27). The van der Waals surface area contributed by atoms with Crippen molar-refractivity contribution in [1.29, 1.82) is 0 Å². The van der Waals surface area contributed by atoms with Crippen LogP contribution in [0.15, 0.2) is 18.2 Å². The molecule has 2 N–H and O–H groups in total. The average Bonchev–Trinajstić information content (AvgIpc) is 2.86. The van der Waals surface area contributed by atoms with Gasteiger partial charge in [0.25, 0.3) is 5.91 Å². The molecule has 158 valence electrons. The lowest BCUT2D eigenvalue weighted by Gasteiger charge is -2.41. The van der Waals surface area contributed by atoms with Crippen LogP contribution in [0.25, 0.3) is 0 Å². The van der Waals surface area contributed by atoms with Crippen LogP contribution >= 0.6 is 11.6 Å². The summed E-state index contributed by atoms with van der Waals surface area (Å²) in [4.78, 5) is 27.1. The number of halogens is 2. The molecule has 3 aliphatic rings. The van der Waals surface area contributed by atoms with E-state index in [4.69, 9.17) is 16.3 Å². The van der Waals surface area contributed by atoms with Crippen LogP contribution in [0.1, 0.15) is 43.0 Å². The maximum absolute atomic E-state index is 13.5. The first-order valence-corrected chi connectivity index (χ1v) is 10.6. The van der Waals surface area contributed by atoms with Gasteiger partial charge in [-0.1, -0.05) is 11.6 Å². The van der Waals surface area contributed by atoms with Gasteiger partial charge in [0, 0.05) is 29.2 Å². The van der Waals surface area contributed by atoms with Crippen molar-refractivity contribution in [2.75, 3.05) is 26.3 Å². The summed E-state index contributed by atoms with van der Waals surface area (Å²) in [5.41, 5.74) is 0.0130. The predicted molar refractivity (Wildman–Crippen MR) is 107 cm³/mol. The Morgan fingerprint density at radius 1 is 1.24 bits per heavy atom. The third kappa shape index (κ3) is 4.73. The van der Waals surface area contributed by atoms with E-state index in [2.05, 4.69) is 15.5 Å². The van der Waals surface area contributed by atoms with Gasteiger partial charge in [-0.15, -0.1) is 0 Å². The zero-order chi connectivity index (χ0) is 20.6. The smallest absolute Gasteiger partial charge is 0.251 e. The number of carbonyl (C=O) groups excluding carboxylic acids is 2. The van der Waals surface area contributed by atoms with Crippen LogP contribution in [0, 0.1) is 11.7 Å². The Morgan fingerprint density at radius 3 is 2.52 bits per heavy atom. The summed E-state index contributed by atoms with van der Waals surface area (Å²) >= 11 is 5.83. The zero-order valence-corrected chi connectivity index (χ0v) is 17.3. The van der Waals surface area contributed by atoms with Crippen molar-refractivity contribution in [3.8, 4) is 0 Å². The Bertz CT molecular complexity index is 767. The number of amides is 2. The molecule has 2 atom stereocenters. The van der Waals surface area contributed by atoms with Crippen molar-refractivity contribution in [3.63, 3.8) is 0 Å². The molecule has 0 radical (unpaired) electrons. The first kappa shape index (κ1) is 20.6. The number of ether oxygens (including phenoxy) is 1. The average molecular weight is 424 g/mol. The van der Waals surface area contributed by atoms with Gasteiger partial charge in [-0.25, -0.2) is 4.39 Å². The summed E-state index contributed by atoms with van der Waals surface area (Å²) in [5, 5.41) is 6.21. The molecule has 8 heteroatoms. The van der Waals surface area contributed by atoms with E-state index in [1.54, 1.807) is 0 Å². The number of rotatable bonds is 6. The Hall–Kier alpha value is -1.70. The number of fused-ring (bicyclic) bond motifs is 2. The van der Waals surface area contributed by atoms with Crippen LogP contribution in [0.4, 0.5) is 4.39 Å². The Kier molecular flexibility index (Phi) is 5.82. The highest BCUT2D eigenvalue weighted by Gasteiger charge is 2.42. The summed E-state index contributed by atoms with van der Waals surface area (Å²) in [7, 11) is 0. The highest BCUT2D eigenvalue weighted by Crippen LogP contribution is 2.38. The second-order valence-electron chi connectivity index (χ2n) is 8.86. The van der Waals surface area contributed by atoms with Crippen LogP contribution in [0.3, 0.4) is 0 Å². The number of nitrogens with one attached hydrogen (secondary N) is 2. The lowest BCUT2D eigenvalue weighted by atomic mass is 9.90. The summed E-state index contributed by atoms with van der Waals surface area (Å²) in [6, 6.07) is 4.59. The highest BCUT2D eigenvalue weighted by molar-refractivity contribution is 6.31. The highest BCUT2D eigenvalue weighted by atomic mass is 35.5. The molecule has 1 aromatic rings. The molecule has 3 aliphatic heterocycles. The Balaban J connectivity index is 1.27. The van der Waals surface area contributed by atoms with Gasteiger partial charge in [-0.2, -0.15) is 0 Å². The maximum atomic E-state index is 13.5. The van der Waals surface area contributed by atoms with Crippen molar-refractivity contribution in [1.82, 2.24) is 15.5 Å². The van der Waals surface area contributed by atoms with Gasteiger partial charge in [0.15, 0.2) is 0 Å². The molecule has 3 fully saturated rings. The fraction of sp³-hybridized carbons (Fsp3) is 0.619. The molecule has 0 saturated carbocycles. The summed E-state index contributed by atoms with van der Waals surface area (Å²) in [5.74, 6) is -0.411. The quantitative estimate of drug-likeness (QED) is 0.737. The minimum atomic E-state index is -0.519. The first-order chi connectivity index (χ1) is 13.8. The van der Waals surface area contributed by atoms with E-state index in [9.17, 15) is 14.0 Å². The number of carbonyl (C=O) groups is 2. The van der Waals surface area contributed by atoms with E-state index >= 15 is 0 Å². The summed E-state index contributed by atoms with van der Waals surface area (Å²) < 4.78 is 18.7. The van der Waals surface area contributed by atoms with Crippen LogP contribution in [-0.4, -0.2) is 60.6 Å². The van der Waals surface area contributed by atoms with Gasteiger partial charge in [0.2, 0.25) is 5.91 Å². The lowest BCUT2D eigenvalue weighted by Crippen LogP contribution is -2.62. The number of benzene rings is 1. The summed E-state index contributed by atoms with van der Waals surface area (Å²) in [6.07, 6.45) is 4.08. The SMILES string of the molecule is CC1(NC(=O)CN2C3CCC2CC(CNC(=O)c2cc(F)cc(Cl)c2)C3)COC1. The fourth-order valence-corrected chi connectivity index (χ4v) is 5.08. The van der Waals surface area contributed by atoms with Crippen molar-refractivity contribution in [2.45, 2.75) is 50.2 Å². The number of piperidine rings is 1. The molecule has 2 unspecified atom stereocenters. The molecule has 3 saturated heterocycles. The molecule has 2 bridgehead atoms. The van der Waals surface area contributed by atoms with E-state index in [-0.39, 0.29) is 27.9 Å². The second-order valence-corrected chi connectivity index (χ2v) is 9.30. The third-order valence-corrected chi connectivity index (χ3v) is 6.48. The maximum Gasteiger partial charge on any atom is 0.251 e. The second kappa shape index (κ2) is 8.20. The van der Waals surface area contributed by atoms with Crippen molar-refractivity contribution in [3.05, 3.63) is 34.6 Å². The molecular formula is C21H27ClFN3O3. The molecule has 3 heterocycles. The van der Waals surface area contributed by atoms with Crippen LogP contribution in [-0.2, 0) is 9.53 Å². The molecular weight excluding hydrogens is 397 g/mol. The van der Waals surface area contributed by atoms with E-state index in [1.807, 2.05) is 6.92 Å². The van der Waals surface area contributed by atoms with Gasteiger partial charge >= 0.3 is 0 Å². The van der Waals surface area contributed by atoms with Crippen LogP contribution in [0.5, 0.6) is 0 Å². The molecule has 0 aliphatic carbocycles. The Labute approximate surface area is 175 Å². The monoisotopic (exact) mass is 423 g/mol. The summed E-state index contributed by atoms with van der Waals surface area (Å²) in [6.45, 7) is 4.12. The molecule has 4 rings (SSSR count). The fourth-order valence-electron chi connectivity index (χ4n) is 4.86. The lowest BCUT2D eigenvalue weighted by molar-refractivity contribution is -0.133. The number of hydrogen-bond acceptors (Lipinski definition) is 4. The van der Waals surface area contributed by atoms with Crippen molar-refractivity contribution < 1.29 is 18.7 Å². The number of nitrogens with zero attached hydrogens (tertiary/aromatic N) is 1. The molecule has 0 aromatic heterocycles.